The Morgan fingerprint density at radius 2 is 1.43 bits per heavy atom. The maximum Gasteiger partial charge on any atom is 0.306 e. The number of carbonyl (C=O) groups excluding carboxylic acids is 1. The molecule has 1 atom stereocenters. The topological polar surface area (TPSA) is 46.5 Å². The highest BCUT2D eigenvalue weighted by molar-refractivity contribution is 6.17. The third-order valence-electron chi connectivity index (χ3n) is 4.15. The van der Waals surface area contributed by atoms with Crippen LogP contribution in [-0.2, 0) is 9.53 Å². The third kappa shape index (κ3) is 13.8. The van der Waals surface area contributed by atoms with Crippen LogP contribution in [-0.4, -0.2) is 29.2 Å². The van der Waals surface area contributed by atoms with E-state index in [4.69, 9.17) is 16.3 Å². The SMILES string of the molecule is CC(C)(C)OC(=O)CC[C@](C)(CO)CCCCCCCCCCl. The van der Waals surface area contributed by atoms with Gasteiger partial charge in [0.1, 0.15) is 5.60 Å². The first-order valence-electron chi connectivity index (χ1n) is 9.11. The Bertz CT molecular complexity index is 312. The highest BCUT2D eigenvalue weighted by atomic mass is 35.5. The summed E-state index contributed by atoms with van der Waals surface area (Å²) in [5.41, 5.74) is -0.605. The molecule has 0 spiro atoms. The Balaban J connectivity index is 3.86. The summed E-state index contributed by atoms with van der Waals surface area (Å²) in [5, 5.41) is 9.67. The molecule has 0 saturated carbocycles. The number of hydrogen-bond acceptors (Lipinski definition) is 3. The molecule has 0 saturated heterocycles. The molecule has 0 fully saturated rings. The zero-order valence-electron chi connectivity index (χ0n) is 15.6. The van der Waals surface area contributed by atoms with Crippen LogP contribution in [0.25, 0.3) is 0 Å². The molecule has 0 aliphatic heterocycles. The van der Waals surface area contributed by atoms with Crippen molar-refractivity contribution in [1.29, 1.82) is 0 Å². The lowest BCUT2D eigenvalue weighted by molar-refractivity contribution is -0.155. The first-order chi connectivity index (χ1) is 10.7. The molecule has 0 rings (SSSR count). The number of unbranched alkanes of at least 4 members (excludes halogenated alkanes) is 6. The van der Waals surface area contributed by atoms with E-state index in [0.29, 0.717) is 12.8 Å². The lowest BCUT2D eigenvalue weighted by Gasteiger charge is -2.28. The van der Waals surface area contributed by atoms with Gasteiger partial charge in [0.05, 0.1) is 0 Å². The van der Waals surface area contributed by atoms with Gasteiger partial charge in [-0.3, -0.25) is 4.79 Å². The first-order valence-corrected chi connectivity index (χ1v) is 9.64. The summed E-state index contributed by atoms with van der Waals surface area (Å²) in [6.07, 6.45) is 10.5. The molecular formula is C19H37ClO3. The average molecular weight is 349 g/mol. The molecule has 1 N–H and O–H groups in total. The van der Waals surface area contributed by atoms with Crippen molar-refractivity contribution < 1.29 is 14.6 Å². The molecule has 0 aromatic heterocycles. The molecule has 23 heavy (non-hydrogen) atoms. The van der Waals surface area contributed by atoms with E-state index < -0.39 is 5.60 Å². The van der Waals surface area contributed by atoms with Crippen LogP contribution in [0.2, 0.25) is 0 Å². The lowest BCUT2D eigenvalue weighted by Crippen LogP contribution is -2.27. The van der Waals surface area contributed by atoms with Crippen molar-refractivity contribution in [2.75, 3.05) is 12.5 Å². The summed E-state index contributed by atoms with van der Waals surface area (Å²) < 4.78 is 5.34. The predicted molar refractivity (Wildman–Crippen MR) is 97.9 cm³/mol. The molecule has 138 valence electrons. The Morgan fingerprint density at radius 1 is 0.913 bits per heavy atom. The maximum atomic E-state index is 11.8. The van der Waals surface area contributed by atoms with E-state index in [2.05, 4.69) is 6.92 Å². The number of aliphatic hydroxyl groups excluding tert-OH is 1. The van der Waals surface area contributed by atoms with Crippen molar-refractivity contribution in [3.05, 3.63) is 0 Å². The van der Waals surface area contributed by atoms with Crippen LogP contribution >= 0.6 is 11.6 Å². The van der Waals surface area contributed by atoms with E-state index in [-0.39, 0.29) is 18.0 Å². The largest absolute Gasteiger partial charge is 0.460 e. The van der Waals surface area contributed by atoms with Gasteiger partial charge in [-0.05, 0) is 45.4 Å². The molecule has 0 aromatic rings. The Hall–Kier alpha value is -0.280. The summed E-state index contributed by atoms with van der Waals surface area (Å²) in [6, 6.07) is 0. The first kappa shape index (κ1) is 22.7. The summed E-state index contributed by atoms with van der Waals surface area (Å²) in [5.74, 6) is 0.600. The van der Waals surface area contributed by atoms with Gasteiger partial charge in [0, 0.05) is 18.9 Å². The van der Waals surface area contributed by atoms with Gasteiger partial charge < -0.3 is 9.84 Å². The third-order valence-corrected chi connectivity index (χ3v) is 4.42. The van der Waals surface area contributed by atoms with Gasteiger partial charge >= 0.3 is 5.97 Å². The minimum Gasteiger partial charge on any atom is -0.460 e. The molecule has 4 heteroatoms. The summed E-state index contributed by atoms with van der Waals surface area (Å²) >= 11 is 5.66. The van der Waals surface area contributed by atoms with Crippen LogP contribution in [0.1, 0.15) is 91.9 Å². The lowest BCUT2D eigenvalue weighted by atomic mass is 9.81. The second kappa shape index (κ2) is 12.1. The standard InChI is InChI=1S/C19H37ClO3/c1-18(2,3)23-17(22)12-14-19(4,16-21)13-10-8-6-5-7-9-11-15-20/h21H,5-16H2,1-4H3/t19-/m1/s1. The number of esters is 1. The molecule has 0 aromatic carbocycles. The van der Waals surface area contributed by atoms with Crippen LogP contribution in [0.3, 0.4) is 0 Å². The number of hydrogen-bond donors (Lipinski definition) is 1. The second-order valence-electron chi connectivity index (χ2n) is 7.97. The molecule has 0 aliphatic carbocycles. The number of halogens is 1. The fourth-order valence-electron chi connectivity index (χ4n) is 2.61. The molecule has 0 unspecified atom stereocenters. The van der Waals surface area contributed by atoms with E-state index in [9.17, 15) is 9.90 Å². The van der Waals surface area contributed by atoms with Gasteiger partial charge in [-0.2, -0.15) is 0 Å². The molecule has 0 heterocycles. The van der Waals surface area contributed by atoms with Gasteiger partial charge in [-0.1, -0.05) is 45.4 Å². The summed E-state index contributed by atoms with van der Waals surface area (Å²) in [6.45, 7) is 7.83. The second-order valence-corrected chi connectivity index (χ2v) is 8.35. The zero-order chi connectivity index (χ0) is 17.8. The minimum absolute atomic E-state index is 0.130. The van der Waals surface area contributed by atoms with Crippen LogP contribution in [0, 0.1) is 5.41 Å². The number of carbonyl (C=O) groups is 1. The number of aliphatic hydroxyl groups is 1. The molecule has 0 amide bonds. The van der Waals surface area contributed by atoms with Crippen LogP contribution in [0.15, 0.2) is 0 Å². The number of rotatable bonds is 13. The zero-order valence-corrected chi connectivity index (χ0v) is 16.4. The molecule has 0 bridgehead atoms. The number of ether oxygens (including phenoxy) is 1. The van der Waals surface area contributed by atoms with E-state index in [1.807, 2.05) is 20.8 Å². The van der Waals surface area contributed by atoms with Crippen molar-refractivity contribution >= 4 is 17.6 Å². The average Bonchev–Trinajstić information content (AvgIpc) is 2.46. The van der Waals surface area contributed by atoms with Crippen molar-refractivity contribution in [2.45, 2.75) is 97.5 Å². The highest BCUT2D eigenvalue weighted by Crippen LogP contribution is 2.30. The van der Waals surface area contributed by atoms with Gasteiger partial charge in [0.25, 0.3) is 0 Å². The Labute approximate surface area is 148 Å². The summed E-state index contributed by atoms with van der Waals surface area (Å²) in [4.78, 5) is 11.8. The Morgan fingerprint density at radius 3 is 1.91 bits per heavy atom. The van der Waals surface area contributed by atoms with Crippen LogP contribution in [0.4, 0.5) is 0 Å². The van der Waals surface area contributed by atoms with Crippen molar-refractivity contribution in [3.63, 3.8) is 0 Å². The van der Waals surface area contributed by atoms with E-state index in [1.54, 1.807) is 0 Å². The van der Waals surface area contributed by atoms with Gasteiger partial charge in [-0.25, -0.2) is 0 Å². The van der Waals surface area contributed by atoms with Crippen molar-refractivity contribution in [3.8, 4) is 0 Å². The van der Waals surface area contributed by atoms with E-state index in [1.165, 1.54) is 32.1 Å². The predicted octanol–water partition coefficient (Wildman–Crippen LogP) is 5.47. The minimum atomic E-state index is -0.434. The summed E-state index contributed by atoms with van der Waals surface area (Å²) in [7, 11) is 0. The smallest absolute Gasteiger partial charge is 0.306 e. The number of alkyl halides is 1. The monoisotopic (exact) mass is 348 g/mol. The fraction of sp³-hybridized carbons (Fsp3) is 0.947. The van der Waals surface area contributed by atoms with Crippen molar-refractivity contribution in [2.24, 2.45) is 5.41 Å². The van der Waals surface area contributed by atoms with Gasteiger partial charge in [0.15, 0.2) is 0 Å². The van der Waals surface area contributed by atoms with E-state index >= 15 is 0 Å². The van der Waals surface area contributed by atoms with Gasteiger partial charge in [0.2, 0.25) is 0 Å². The molecule has 0 aliphatic rings. The molecule has 0 radical (unpaired) electrons. The molecular weight excluding hydrogens is 312 g/mol. The fourth-order valence-corrected chi connectivity index (χ4v) is 2.80. The highest BCUT2D eigenvalue weighted by Gasteiger charge is 2.25. The normalized spacial score (nSPS) is 14.5. The van der Waals surface area contributed by atoms with Crippen LogP contribution in [0.5, 0.6) is 0 Å². The van der Waals surface area contributed by atoms with Gasteiger partial charge in [-0.15, -0.1) is 11.6 Å². The Kier molecular flexibility index (Phi) is 12.0. The van der Waals surface area contributed by atoms with Crippen molar-refractivity contribution in [1.82, 2.24) is 0 Å². The maximum absolute atomic E-state index is 11.8. The van der Waals surface area contributed by atoms with E-state index in [0.717, 1.165) is 25.1 Å². The molecule has 3 nitrogen and oxygen atoms in total. The quantitative estimate of drug-likeness (QED) is 0.273. The van der Waals surface area contributed by atoms with Crippen LogP contribution < -0.4 is 0 Å².